The fourth-order valence-electron chi connectivity index (χ4n) is 0.657. The molecule has 0 saturated heterocycles. The Bertz CT molecular complexity index is 204. The van der Waals surface area contributed by atoms with Gasteiger partial charge in [-0.3, -0.25) is 5.32 Å². The molecule has 0 aliphatic rings. The van der Waals surface area contributed by atoms with Gasteiger partial charge in [0, 0.05) is 0 Å². The zero-order chi connectivity index (χ0) is 10.7. The molecule has 1 unspecified atom stereocenters. The summed E-state index contributed by atoms with van der Waals surface area (Å²) >= 11 is 0. The molecule has 0 aliphatic carbocycles. The zero-order valence-electron chi connectivity index (χ0n) is 7.87. The Balaban J connectivity index is 4.25. The Morgan fingerprint density at radius 3 is 2.08 bits per heavy atom. The second-order valence-corrected chi connectivity index (χ2v) is 3.44. The number of nitriles is 1. The smallest absolute Gasteiger partial charge is 0.291 e. The minimum Gasteiger partial charge on any atom is -0.291 e. The number of nitrogens with zero attached hydrogens (tertiary/aromatic N) is 1. The van der Waals surface area contributed by atoms with Crippen LogP contribution in [0.1, 0.15) is 20.8 Å². The molecule has 13 heavy (non-hydrogen) atoms. The van der Waals surface area contributed by atoms with Crippen LogP contribution in [0.15, 0.2) is 0 Å². The summed E-state index contributed by atoms with van der Waals surface area (Å²) in [7, 11) is 0. The van der Waals surface area contributed by atoms with Crippen molar-refractivity contribution >= 4 is 0 Å². The molecule has 1 atom stereocenters. The number of halogens is 3. The first kappa shape index (κ1) is 12.2. The van der Waals surface area contributed by atoms with Crippen LogP contribution in [0, 0.1) is 17.2 Å². The molecule has 0 aromatic heterocycles. The second-order valence-electron chi connectivity index (χ2n) is 3.44. The minimum absolute atomic E-state index is 0.167. The molecule has 5 heteroatoms. The largest absolute Gasteiger partial charge is 0.401 e. The highest BCUT2D eigenvalue weighted by Crippen LogP contribution is 2.19. The maximum absolute atomic E-state index is 11.8. The summed E-state index contributed by atoms with van der Waals surface area (Å²) in [5.74, 6) is -0.167. The Hall–Kier alpha value is -0.760. The molecule has 0 saturated carbocycles. The van der Waals surface area contributed by atoms with Gasteiger partial charge in [-0.15, -0.1) is 0 Å². The normalized spacial score (nSPS) is 16.8. The van der Waals surface area contributed by atoms with Crippen LogP contribution in [-0.2, 0) is 0 Å². The fourth-order valence-corrected chi connectivity index (χ4v) is 0.657. The summed E-state index contributed by atoms with van der Waals surface area (Å²) in [6, 6.07) is 1.84. The molecule has 2 nitrogen and oxygen atoms in total. The monoisotopic (exact) mass is 194 g/mol. The van der Waals surface area contributed by atoms with E-state index in [0.717, 1.165) is 0 Å². The van der Waals surface area contributed by atoms with E-state index in [9.17, 15) is 13.2 Å². The molecule has 0 rings (SSSR count). The third-order valence-electron chi connectivity index (χ3n) is 2.04. The van der Waals surface area contributed by atoms with Crippen LogP contribution in [0.4, 0.5) is 13.2 Å². The lowest BCUT2D eigenvalue weighted by Gasteiger charge is -2.27. The fraction of sp³-hybridized carbons (Fsp3) is 0.875. The highest BCUT2D eigenvalue weighted by molar-refractivity contribution is 5.05. The summed E-state index contributed by atoms with van der Waals surface area (Å²) in [5, 5.41) is 10.9. The molecule has 0 radical (unpaired) electrons. The van der Waals surface area contributed by atoms with E-state index in [4.69, 9.17) is 5.26 Å². The van der Waals surface area contributed by atoms with Crippen LogP contribution in [0.2, 0.25) is 0 Å². The van der Waals surface area contributed by atoms with Gasteiger partial charge in [0.05, 0.1) is 12.6 Å². The quantitative estimate of drug-likeness (QED) is 0.746. The van der Waals surface area contributed by atoms with Gasteiger partial charge in [0.2, 0.25) is 0 Å². The van der Waals surface area contributed by atoms with Crippen LogP contribution >= 0.6 is 0 Å². The first-order valence-corrected chi connectivity index (χ1v) is 3.94. The lowest BCUT2D eigenvalue weighted by Crippen LogP contribution is -2.49. The maximum Gasteiger partial charge on any atom is 0.401 e. The molecule has 0 aromatic carbocycles. The molecule has 0 fully saturated rings. The third kappa shape index (κ3) is 4.13. The molecule has 0 aliphatic heterocycles. The van der Waals surface area contributed by atoms with E-state index >= 15 is 0 Å². The summed E-state index contributed by atoms with van der Waals surface area (Å²) in [6.45, 7) is 3.73. The number of hydrogen-bond acceptors (Lipinski definition) is 2. The average molecular weight is 194 g/mol. The molecule has 0 spiro atoms. The molecule has 76 valence electrons. The molecule has 0 amide bonds. The Kier molecular flexibility index (Phi) is 3.73. The van der Waals surface area contributed by atoms with Crippen molar-refractivity contribution in [3.8, 4) is 6.07 Å². The average Bonchev–Trinajstić information content (AvgIpc) is 1.98. The van der Waals surface area contributed by atoms with Crippen LogP contribution in [-0.4, -0.2) is 18.3 Å². The van der Waals surface area contributed by atoms with Crippen molar-refractivity contribution in [1.82, 2.24) is 5.32 Å². The van der Waals surface area contributed by atoms with Crippen molar-refractivity contribution in [1.29, 1.82) is 5.26 Å². The van der Waals surface area contributed by atoms with E-state index in [2.05, 4.69) is 5.32 Å². The first-order valence-electron chi connectivity index (χ1n) is 3.94. The van der Waals surface area contributed by atoms with Crippen molar-refractivity contribution < 1.29 is 13.2 Å². The molecule has 0 aromatic rings. The molecule has 0 bridgehead atoms. The van der Waals surface area contributed by atoms with E-state index < -0.39 is 18.3 Å². The van der Waals surface area contributed by atoms with Crippen LogP contribution in [0.5, 0.6) is 0 Å². The zero-order valence-corrected chi connectivity index (χ0v) is 7.87. The van der Waals surface area contributed by atoms with E-state index in [0.29, 0.717) is 0 Å². The highest BCUT2D eigenvalue weighted by atomic mass is 19.4. The van der Waals surface area contributed by atoms with Gasteiger partial charge in [0.1, 0.15) is 5.54 Å². The van der Waals surface area contributed by atoms with E-state index in [-0.39, 0.29) is 5.92 Å². The molecular formula is C8H13F3N2. The van der Waals surface area contributed by atoms with Crippen molar-refractivity contribution in [2.45, 2.75) is 32.5 Å². The van der Waals surface area contributed by atoms with Crippen molar-refractivity contribution in [3.63, 3.8) is 0 Å². The Morgan fingerprint density at radius 1 is 1.38 bits per heavy atom. The van der Waals surface area contributed by atoms with Crippen molar-refractivity contribution in [2.24, 2.45) is 5.92 Å². The highest BCUT2D eigenvalue weighted by Gasteiger charge is 2.34. The third-order valence-corrected chi connectivity index (χ3v) is 2.04. The second kappa shape index (κ2) is 3.97. The van der Waals surface area contributed by atoms with Crippen molar-refractivity contribution in [2.75, 3.05) is 6.54 Å². The molecular weight excluding hydrogens is 181 g/mol. The van der Waals surface area contributed by atoms with Gasteiger partial charge in [-0.25, -0.2) is 0 Å². The van der Waals surface area contributed by atoms with Gasteiger partial charge in [0.25, 0.3) is 0 Å². The number of hydrogen-bond donors (Lipinski definition) is 1. The predicted molar refractivity (Wildman–Crippen MR) is 42.9 cm³/mol. The van der Waals surface area contributed by atoms with Gasteiger partial charge in [-0.05, 0) is 12.8 Å². The molecule has 1 N–H and O–H groups in total. The predicted octanol–water partition coefficient (Wildman–Crippen LogP) is 2.08. The van der Waals surface area contributed by atoms with Gasteiger partial charge in [-0.1, -0.05) is 13.8 Å². The van der Waals surface area contributed by atoms with Gasteiger partial charge < -0.3 is 0 Å². The Morgan fingerprint density at radius 2 is 1.85 bits per heavy atom. The number of nitrogens with one attached hydrogen (secondary N) is 1. The Labute approximate surface area is 75.7 Å². The van der Waals surface area contributed by atoms with Crippen LogP contribution in [0.25, 0.3) is 0 Å². The van der Waals surface area contributed by atoms with Gasteiger partial charge in [0.15, 0.2) is 0 Å². The summed E-state index contributed by atoms with van der Waals surface area (Å²) in [6.07, 6.45) is -4.27. The van der Waals surface area contributed by atoms with Crippen LogP contribution in [0.3, 0.4) is 0 Å². The van der Waals surface area contributed by atoms with Gasteiger partial charge >= 0.3 is 6.18 Å². The topological polar surface area (TPSA) is 35.8 Å². The van der Waals surface area contributed by atoms with Crippen molar-refractivity contribution in [3.05, 3.63) is 0 Å². The summed E-state index contributed by atoms with van der Waals surface area (Å²) in [4.78, 5) is 0. The standard InChI is InChI=1S/C8H13F3N2/c1-6(2)7(3,4-12)13-5-8(9,10)11/h6,13H,5H2,1-3H3. The van der Waals surface area contributed by atoms with Crippen LogP contribution < -0.4 is 5.32 Å². The summed E-state index contributed by atoms with van der Waals surface area (Å²) < 4.78 is 35.4. The van der Waals surface area contributed by atoms with Gasteiger partial charge in [-0.2, -0.15) is 18.4 Å². The maximum atomic E-state index is 11.8. The number of alkyl halides is 3. The number of rotatable bonds is 3. The first-order chi connectivity index (χ1) is 5.71. The summed E-state index contributed by atoms with van der Waals surface area (Å²) in [5.41, 5.74) is -1.12. The van der Waals surface area contributed by atoms with E-state index in [1.165, 1.54) is 6.92 Å². The molecule has 0 heterocycles. The minimum atomic E-state index is -4.27. The van der Waals surface area contributed by atoms with E-state index in [1.54, 1.807) is 13.8 Å². The van der Waals surface area contributed by atoms with E-state index in [1.807, 2.05) is 6.07 Å². The lowest BCUT2D eigenvalue weighted by molar-refractivity contribution is -0.128. The SMILES string of the molecule is CC(C)C(C)(C#N)NCC(F)(F)F. The lowest BCUT2D eigenvalue weighted by atomic mass is 9.90.